The van der Waals surface area contributed by atoms with Crippen LogP contribution in [0.15, 0.2) is 52.4 Å². The van der Waals surface area contributed by atoms with E-state index in [1.54, 1.807) is 12.1 Å². The lowest BCUT2D eigenvalue weighted by Crippen LogP contribution is -2.42. The largest absolute Gasteiger partial charge is 0.481 e. The summed E-state index contributed by atoms with van der Waals surface area (Å²) in [5.74, 6) is -2.18. The third-order valence-corrected chi connectivity index (χ3v) is 5.23. The number of nitrogens with zero attached hydrogens (tertiary/aromatic N) is 1. The molecule has 1 amide bonds. The maximum absolute atomic E-state index is 12.3. The molecule has 0 bridgehead atoms. The van der Waals surface area contributed by atoms with E-state index in [1.165, 1.54) is 0 Å². The van der Waals surface area contributed by atoms with Crippen molar-refractivity contribution in [3.05, 3.63) is 58.6 Å². The van der Waals surface area contributed by atoms with E-state index in [2.05, 4.69) is 20.9 Å². The number of nitrogens with two attached hydrogens (primary N) is 2. The lowest BCUT2D eigenvalue weighted by atomic mass is 9.98. The number of carboxylic acids is 2. The first kappa shape index (κ1) is 22.7. The molecule has 0 aliphatic carbocycles. The van der Waals surface area contributed by atoms with Crippen LogP contribution in [0.25, 0.3) is 0 Å². The Hall–Kier alpha value is -4.02. The molecule has 0 saturated heterocycles. The van der Waals surface area contributed by atoms with Crippen molar-refractivity contribution in [1.29, 1.82) is 0 Å². The Morgan fingerprint density at radius 3 is 2.50 bits per heavy atom. The molecule has 0 saturated carbocycles. The molecule has 3 rings (SSSR count). The summed E-state index contributed by atoms with van der Waals surface area (Å²) in [7, 11) is 0. The number of hydrogen-bond acceptors (Lipinski definition) is 8. The molecule has 2 heterocycles. The number of rotatable bonds is 10. The molecule has 2 atom stereocenters. The second-order valence-corrected chi connectivity index (χ2v) is 7.55. The van der Waals surface area contributed by atoms with Gasteiger partial charge in [-0.25, -0.2) is 9.79 Å². The van der Waals surface area contributed by atoms with Gasteiger partial charge in [0.25, 0.3) is 5.91 Å². The molecule has 0 aromatic heterocycles. The van der Waals surface area contributed by atoms with E-state index >= 15 is 0 Å². The maximum Gasteiger partial charge on any atom is 0.326 e. The number of hydrogen-bond donors (Lipinski definition) is 7. The van der Waals surface area contributed by atoms with Crippen LogP contribution in [0.1, 0.15) is 41.6 Å². The molecule has 1 aromatic rings. The first-order valence-electron chi connectivity index (χ1n) is 10.1. The number of amides is 1. The van der Waals surface area contributed by atoms with Crippen molar-refractivity contribution in [3.8, 4) is 0 Å². The fourth-order valence-corrected chi connectivity index (χ4v) is 3.59. The molecule has 9 N–H and O–H groups in total. The van der Waals surface area contributed by atoms with Crippen LogP contribution in [0.2, 0.25) is 0 Å². The number of guanidine groups is 1. The number of carbonyl (C=O) groups is 3. The number of aliphatic carboxylic acids is 2. The summed E-state index contributed by atoms with van der Waals surface area (Å²) in [6.07, 6.45) is 3.50. The average Bonchev–Trinajstić information content (AvgIpc) is 3.14. The van der Waals surface area contributed by atoms with Crippen LogP contribution < -0.4 is 27.4 Å². The summed E-state index contributed by atoms with van der Waals surface area (Å²) in [6.45, 7) is 0. The number of nitrogens with one attached hydrogen (secondary N) is 3. The van der Waals surface area contributed by atoms with Gasteiger partial charge in [-0.15, -0.1) is 0 Å². The second-order valence-electron chi connectivity index (χ2n) is 7.55. The fraction of sp³-hybridized carbons (Fsp3) is 0.333. The van der Waals surface area contributed by atoms with Crippen molar-refractivity contribution in [2.75, 3.05) is 0 Å². The predicted octanol–water partition coefficient (Wildman–Crippen LogP) is -0.0415. The van der Waals surface area contributed by atoms with Crippen molar-refractivity contribution < 1.29 is 24.6 Å². The lowest BCUT2D eigenvalue weighted by molar-refractivity contribution is -0.140. The first-order chi connectivity index (χ1) is 15.2. The van der Waals surface area contributed by atoms with E-state index in [0.717, 1.165) is 36.0 Å². The van der Waals surface area contributed by atoms with Crippen LogP contribution in [0, 0.1) is 0 Å². The van der Waals surface area contributed by atoms with Gasteiger partial charge in [0.05, 0.1) is 0 Å². The van der Waals surface area contributed by atoms with Gasteiger partial charge in [-0.05, 0) is 49.0 Å². The van der Waals surface area contributed by atoms with Crippen molar-refractivity contribution in [3.63, 3.8) is 0 Å². The first-order valence-corrected chi connectivity index (χ1v) is 10.1. The minimum atomic E-state index is -1.27. The summed E-state index contributed by atoms with van der Waals surface area (Å²) in [4.78, 5) is 38.5. The molecular weight excluding hydrogens is 416 g/mol. The minimum absolute atomic E-state index is 0.186. The van der Waals surface area contributed by atoms with Crippen LogP contribution in [0.5, 0.6) is 0 Å². The zero-order valence-electron chi connectivity index (χ0n) is 17.3. The minimum Gasteiger partial charge on any atom is -0.481 e. The van der Waals surface area contributed by atoms with E-state index in [-0.39, 0.29) is 25.0 Å². The van der Waals surface area contributed by atoms with Crippen LogP contribution in [-0.2, 0) is 16.0 Å². The van der Waals surface area contributed by atoms with Gasteiger partial charge in [0, 0.05) is 23.8 Å². The number of carbonyl (C=O) groups excluding carboxylic acids is 1. The molecule has 0 spiro atoms. The summed E-state index contributed by atoms with van der Waals surface area (Å²) in [6, 6.07) is 5.61. The highest BCUT2D eigenvalue weighted by molar-refractivity contribution is 5.96. The van der Waals surface area contributed by atoms with Gasteiger partial charge >= 0.3 is 11.9 Å². The smallest absolute Gasteiger partial charge is 0.326 e. The van der Waals surface area contributed by atoms with Gasteiger partial charge in [-0.1, -0.05) is 12.1 Å². The number of carboxylic acid groups (broad SMARTS) is 2. The second kappa shape index (κ2) is 9.86. The lowest BCUT2D eigenvalue weighted by Gasteiger charge is -2.21. The SMILES string of the molecule is NC1=NC2NC=C(CCCc3ccc(C(=O)N[C@@H](CCC(=O)O)C(=O)O)cc3)C2=C(N)N1. The molecular formula is C21H26N6O5. The Bertz CT molecular complexity index is 998. The Balaban J connectivity index is 1.51. The zero-order chi connectivity index (χ0) is 23.3. The molecule has 2 aliphatic heterocycles. The molecule has 0 radical (unpaired) electrons. The van der Waals surface area contributed by atoms with Crippen molar-refractivity contribution in [1.82, 2.24) is 16.0 Å². The Morgan fingerprint density at radius 2 is 1.84 bits per heavy atom. The highest BCUT2D eigenvalue weighted by Gasteiger charge is 2.28. The Kier molecular flexibility index (Phi) is 6.98. The molecule has 170 valence electrons. The van der Waals surface area contributed by atoms with Gasteiger partial charge in [-0.3, -0.25) is 9.59 Å². The highest BCUT2D eigenvalue weighted by Crippen LogP contribution is 2.28. The summed E-state index contributed by atoms with van der Waals surface area (Å²) in [5, 5.41) is 26.2. The summed E-state index contributed by atoms with van der Waals surface area (Å²) < 4.78 is 0. The van der Waals surface area contributed by atoms with E-state index < -0.39 is 23.9 Å². The number of aliphatic imine (C=N–C) groups is 1. The number of aryl methyl sites for hydroxylation is 1. The van der Waals surface area contributed by atoms with Gasteiger partial charge in [0.1, 0.15) is 11.9 Å². The highest BCUT2D eigenvalue weighted by atomic mass is 16.4. The van der Waals surface area contributed by atoms with Crippen LogP contribution in [-0.4, -0.2) is 46.2 Å². The summed E-state index contributed by atoms with van der Waals surface area (Å²) in [5.41, 5.74) is 15.0. The number of benzene rings is 1. The molecule has 1 unspecified atom stereocenters. The quantitative estimate of drug-likeness (QED) is 0.260. The van der Waals surface area contributed by atoms with Crippen LogP contribution >= 0.6 is 0 Å². The zero-order valence-corrected chi connectivity index (χ0v) is 17.3. The Labute approximate surface area is 184 Å². The molecule has 11 nitrogen and oxygen atoms in total. The molecule has 11 heteroatoms. The van der Waals surface area contributed by atoms with Crippen molar-refractivity contribution in [2.24, 2.45) is 16.5 Å². The number of fused-ring (bicyclic) bond motifs is 1. The van der Waals surface area contributed by atoms with Crippen LogP contribution in [0.4, 0.5) is 0 Å². The standard InChI is InChI=1S/C21H26N6O5/c22-17-16-13(10-24-18(16)27-21(23)26-17)3-1-2-11-4-6-12(7-5-11)19(30)25-14(20(31)32)8-9-15(28)29/h4-7,10,14,18,24H,1-3,8-9,22H2,(H,25,30)(H,28,29)(H,31,32)(H3,23,26,27)/t14-,18?/m0/s1. The predicted molar refractivity (Wildman–Crippen MR) is 116 cm³/mol. The van der Waals surface area contributed by atoms with Crippen LogP contribution in [0.3, 0.4) is 0 Å². The molecule has 2 aliphatic rings. The fourth-order valence-electron chi connectivity index (χ4n) is 3.59. The van der Waals surface area contributed by atoms with E-state index in [1.807, 2.05) is 18.3 Å². The molecule has 0 fully saturated rings. The van der Waals surface area contributed by atoms with E-state index in [4.69, 9.17) is 21.7 Å². The maximum atomic E-state index is 12.3. The van der Waals surface area contributed by atoms with Gasteiger partial charge < -0.3 is 37.6 Å². The molecule has 1 aromatic carbocycles. The third kappa shape index (κ3) is 5.56. The monoisotopic (exact) mass is 442 g/mol. The van der Waals surface area contributed by atoms with E-state index in [0.29, 0.717) is 11.4 Å². The van der Waals surface area contributed by atoms with Crippen molar-refractivity contribution >= 4 is 23.8 Å². The van der Waals surface area contributed by atoms with Crippen molar-refractivity contribution in [2.45, 2.75) is 44.3 Å². The van der Waals surface area contributed by atoms with E-state index in [9.17, 15) is 14.4 Å². The molecule has 32 heavy (non-hydrogen) atoms. The summed E-state index contributed by atoms with van der Waals surface area (Å²) >= 11 is 0. The topological polar surface area (TPSA) is 192 Å². The van der Waals surface area contributed by atoms with Gasteiger partial charge in [-0.2, -0.15) is 0 Å². The van der Waals surface area contributed by atoms with Gasteiger partial charge in [0.2, 0.25) is 0 Å². The van der Waals surface area contributed by atoms with Gasteiger partial charge in [0.15, 0.2) is 12.1 Å². The third-order valence-electron chi connectivity index (χ3n) is 5.23. The Morgan fingerprint density at radius 1 is 1.12 bits per heavy atom. The average molecular weight is 442 g/mol. The normalized spacial score (nSPS) is 17.9.